The largest absolute Gasteiger partial charge is 0.378 e. The molecule has 2 rings (SSSR count). The van der Waals surface area contributed by atoms with E-state index in [0.717, 1.165) is 11.1 Å². The van der Waals surface area contributed by atoms with Gasteiger partial charge in [0.15, 0.2) is 0 Å². The third-order valence-electron chi connectivity index (χ3n) is 3.41. The lowest BCUT2D eigenvalue weighted by Crippen LogP contribution is -2.45. The Morgan fingerprint density at radius 2 is 1.95 bits per heavy atom. The number of amides is 2. The lowest BCUT2D eigenvalue weighted by molar-refractivity contribution is -0.136. The summed E-state index contributed by atoms with van der Waals surface area (Å²) >= 11 is 0. The number of aryl methyl sites for hydroxylation is 1. The molecule has 1 aliphatic heterocycles. The molecule has 108 valence electrons. The van der Waals surface area contributed by atoms with Crippen LogP contribution in [-0.4, -0.2) is 49.6 Å². The van der Waals surface area contributed by atoms with Crippen LogP contribution in [0.25, 0.3) is 0 Å². The molecule has 5 heteroatoms. The second-order valence-corrected chi connectivity index (χ2v) is 4.87. The highest BCUT2D eigenvalue weighted by molar-refractivity contribution is 5.85. The fraction of sp³-hybridized carbons (Fsp3) is 0.467. The third-order valence-corrected chi connectivity index (χ3v) is 3.41. The molecule has 0 aromatic heterocycles. The molecular weight excluding hydrogens is 256 g/mol. The Bertz CT molecular complexity index is 482. The summed E-state index contributed by atoms with van der Waals surface area (Å²) < 4.78 is 5.19. The van der Waals surface area contributed by atoms with Crippen LogP contribution >= 0.6 is 0 Å². The summed E-state index contributed by atoms with van der Waals surface area (Å²) in [6.07, 6.45) is 0.309. The second-order valence-electron chi connectivity index (χ2n) is 4.87. The number of carbonyl (C=O) groups is 2. The number of morpholine rings is 1. The van der Waals surface area contributed by atoms with E-state index in [-0.39, 0.29) is 18.4 Å². The zero-order chi connectivity index (χ0) is 14.4. The summed E-state index contributed by atoms with van der Waals surface area (Å²) in [6, 6.07) is 7.76. The van der Waals surface area contributed by atoms with E-state index >= 15 is 0 Å². The Hall–Kier alpha value is -1.88. The van der Waals surface area contributed by atoms with Crippen molar-refractivity contribution in [1.29, 1.82) is 0 Å². The van der Waals surface area contributed by atoms with Crippen molar-refractivity contribution in [1.82, 2.24) is 10.2 Å². The Balaban J connectivity index is 1.77. The van der Waals surface area contributed by atoms with Gasteiger partial charge in [0.25, 0.3) is 0 Å². The van der Waals surface area contributed by atoms with Crippen LogP contribution in [0.4, 0.5) is 0 Å². The van der Waals surface area contributed by atoms with Crippen molar-refractivity contribution in [2.45, 2.75) is 13.3 Å². The topological polar surface area (TPSA) is 58.6 Å². The second kappa shape index (κ2) is 7.05. The van der Waals surface area contributed by atoms with Crippen molar-refractivity contribution in [3.8, 4) is 0 Å². The monoisotopic (exact) mass is 276 g/mol. The van der Waals surface area contributed by atoms with Crippen molar-refractivity contribution >= 4 is 11.8 Å². The summed E-state index contributed by atoms with van der Waals surface area (Å²) in [5, 5.41) is 2.68. The predicted molar refractivity (Wildman–Crippen MR) is 75.3 cm³/mol. The molecule has 0 bridgehead atoms. The van der Waals surface area contributed by atoms with Gasteiger partial charge in [0, 0.05) is 13.1 Å². The average molecular weight is 276 g/mol. The van der Waals surface area contributed by atoms with Gasteiger partial charge in [-0.05, 0) is 18.1 Å². The first-order chi connectivity index (χ1) is 9.66. The summed E-state index contributed by atoms with van der Waals surface area (Å²) in [6.45, 7) is 4.39. The van der Waals surface area contributed by atoms with Gasteiger partial charge < -0.3 is 15.0 Å². The van der Waals surface area contributed by atoms with Gasteiger partial charge in [-0.2, -0.15) is 0 Å². The van der Waals surface area contributed by atoms with Crippen LogP contribution < -0.4 is 5.32 Å². The van der Waals surface area contributed by atoms with Gasteiger partial charge in [-0.15, -0.1) is 0 Å². The number of nitrogens with one attached hydrogen (secondary N) is 1. The molecule has 1 aromatic carbocycles. The standard InChI is InChI=1S/C15H20N2O3/c1-12-4-2-3-5-13(12)10-14(18)16-11-15(19)17-6-8-20-9-7-17/h2-5H,6-11H2,1H3,(H,16,18). The molecule has 1 aliphatic rings. The third kappa shape index (κ3) is 4.06. The quantitative estimate of drug-likeness (QED) is 0.872. The fourth-order valence-corrected chi connectivity index (χ4v) is 2.14. The Labute approximate surface area is 118 Å². The molecule has 0 unspecified atom stereocenters. The first-order valence-electron chi connectivity index (χ1n) is 6.83. The maximum absolute atomic E-state index is 11.9. The lowest BCUT2D eigenvalue weighted by Gasteiger charge is -2.26. The summed E-state index contributed by atoms with van der Waals surface area (Å²) in [5.41, 5.74) is 2.07. The average Bonchev–Trinajstić information content (AvgIpc) is 2.48. The highest BCUT2D eigenvalue weighted by Gasteiger charge is 2.17. The van der Waals surface area contributed by atoms with Gasteiger partial charge in [0.05, 0.1) is 26.2 Å². The van der Waals surface area contributed by atoms with E-state index in [0.29, 0.717) is 32.7 Å². The molecular formula is C15H20N2O3. The molecule has 0 saturated carbocycles. The van der Waals surface area contributed by atoms with Crippen molar-refractivity contribution in [2.24, 2.45) is 0 Å². The molecule has 1 aromatic rings. The minimum Gasteiger partial charge on any atom is -0.378 e. The normalized spacial score (nSPS) is 14.9. The summed E-state index contributed by atoms with van der Waals surface area (Å²) in [4.78, 5) is 25.4. The lowest BCUT2D eigenvalue weighted by atomic mass is 10.1. The Morgan fingerprint density at radius 1 is 1.25 bits per heavy atom. The molecule has 0 atom stereocenters. The van der Waals surface area contributed by atoms with Crippen LogP contribution in [0, 0.1) is 6.92 Å². The molecule has 1 heterocycles. The number of rotatable bonds is 4. The highest BCUT2D eigenvalue weighted by Crippen LogP contribution is 2.07. The van der Waals surface area contributed by atoms with Crippen molar-refractivity contribution in [3.63, 3.8) is 0 Å². The van der Waals surface area contributed by atoms with Crippen LogP contribution in [0.2, 0.25) is 0 Å². The number of nitrogens with zero attached hydrogens (tertiary/aromatic N) is 1. The van der Waals surface area contributed by atoms with Gasteiger partial charge in [-0.3, -0.25) is 9.59 Å². The van der Waals surface area contributed by atoms with Gasteiger partial charge >= 0.3 is 0 Å². The van der Waals surface area contributed by atoms with Crippen LogP contribution in [-0.2, 0) is 20.7 Å². The van der Waals surface area contributed by atoms with Gasteiger partial charge in [-0.25, -0.2) is 0 Å². The fourth-order valence-electron chi connectivity index (χ4n) is 2.14. The van der Waals surface area contributed by atoms with Crippen molar-refractivity contribution < 1.29 is 14.3 Å². The molecule has 0 spiro atoms. The van der Waals surface area contributed by atoms with E-state index in [4.69, 9.17) is 4.74 Å². The first kappa shape index (κ1) is 14.5. The number of carbonyl (C=O) groups excluding carboxylic acids is 2. The van der Waals surface area contributed by atoms with E-state index < -0.39 is 0 Å². The van der Waals surface area contributed by atoms with Gasteiger partial charge in [0.2, 0.25) is 11.8 Å². The van der Waals surface area contributed by atoms with Crippen LogP contribution in [0.5, 0.6) is 0 Å². The molecule has 20 heavy (non-hydrogen) atoms. The van der Waals surface area contributed by atoms with Gasteiger partial charge in [-0.1, -0.05) is 24.3 Å². The van der Waals surface area contributed by atoms with E-state index in [2.05, 4.69) is 5.32 Å². The van der Waals surface area contributed by atoms with E-state index in [1.54, 1.807) is 4.90 Å². The minimum atomic E-state index is -0.124. The summed E-state index contributed by atoms with van der Waals surface area (Å²) in [5.74, 6) is -0.174. The molecule has 5 nitrogen and oxygen atoms in total. The minimum absolute atomic E-state index is 0.0496. The molecule has 0 aliphatic carbocycles. The van der Waals surface area contributed by atoms with E-state index in [9.17, 15) is 9.59 Å². The Kier molecular flexibility index (Phi) is 5.12. The summed E-state index contributed by atoms with van der Waals surface area (Å²) in [7, 11) is 0. The van der Waals surface area contributed by atoms with E-state index in [1.807, 2.05) is 31.2 Å². The highest BCUT2D eigenvalue weighted by atomic mass is 16.5. The maximum atomic E-state index is 11.9. The van der Waals surface area contributed by atoms with Crippen molar-refractivity contribution in [2.75, 3.05) is 32.8 Å². The number of ether oxygens (including phenoxy) is 1. The predicted octanol–water partition coefficient (Wildman–Crippen LogP) is 0.513. The number of hydrogen-bond donors (Lipinski definition) is 1. The first-order valence-corrected chi connectivity index (χ1v) is 6.83. The molecule has 1 N–H and O–H groups in total. The van der Waals surface area contributed by atoms with Crippen LogP contribution in [0.1, 0.15) is 11.1 Å². The smallest absolute Gasteiger partial charge is 0.242 e. The SMILES string of the molecule is Cc1ccccc1CC(=O)NCC(=O)N1CCOCC1. The number of benzene rings is 1. The zero-order valence-electron chi connectivity index (χ0n) is 11.7. The molecule has 0 radical (unpaired) electrons. The zero-order valence-corrected chi connectivity index (χ0v) is 11.7. The molecule has 2 amide bonds. The Morgan fingerprint density at radius 3 is 2.65 bits per heavy atom. The molecule has 1 saturated heterocycles. The van der Waals surface area contributed by atoms with Crippen molar-refractivity contribution in [3.05, 3.63) is 35.4 Å². The molecule has 1 fully saturated rings. The van der Waals surface area contributed by atoms with Crippen LogP contribution in [0.3, 0.4) is 0 Å². The maximum Gasteiger partial charge on any atom is 0.242 e. The van der Waals surface area contributed by atoms with Crippen LogP contribution in [0.15, 0.2) is 24.3 Å². The van der Waals surface area contributed by atoms with Gasteiger partial charge in [0.1, 0.15) is 0 Å². The number of hydrogen-bond acceptors (Lipinski definition) is 3. The van der Waals surface area contributed by atoms with E-state index in [1.165, 1.54) is 0 Å².